The van der Waals surface area contributed by atoms with Crippen LogP contribution in [0.1, 0.15) is 70.7 Å². The van der Waals surface area contributed by atoms with Gasteiger partial charge in [-0.3, -0.25) is 9.69 Å². The number of hydrogen-bond acceptors (Lipinski definition) is 7. The molecular weight excluding hydrogens is 526 g/mol. The Balaban J connectivity index is 1.48. The highest BCUT2D eigenvalue weighted by atomic mass is 32.2. The number of fused-ring (bicyclic) bond motifs is 6. The molecule has 2 aromatic heterocycles. The number of rotatable bonds is 3. The lowest BCUT2D eigenvalue weighted by atomic mass is 9.92. The predicted octanol–water partition coefficient (Wildman–Crippen LogP) is 4.42. The normalized spacial score (nSPS) is 23.3. The summed E-state index contributed by atoms with van der Waals surface area (Å²) in [6.07, 6.45) is 3.86. The molecule has 0 spiro atoms. The summed E-state index contributed by atoms with van der Waals surface area (Å²) in [6.45, 7) is 14.3. The van der Waals surface area contributed by atoms with Crippen LogP contribution >= 0.6 is 0 Å². The first-order valence-corrected chi connectivity index (χ1v) is 15.4. The van der Waals surface area contributed by atoms with Gasteiger partial charge < -0.3 is 19.7 Å². The second-order valence-electron chi connectivity index (χ2n) is 12.9. The van der Waals surface area contributed by atoms with Gasteiger partial charge in [0.1, 0.15) is 28.8 Å². The van der Waals surface area contributed by atoms with Crippen LogP contribution < -0.4 is 19.8 Å². The minimum atomic E-state index is -1.84. The van der Waals surface area contributed by atoms with Gasteiger partial charge in [-0.25, -0.2) is 9.78 Å². The minimum Gasteiger partial charge on any atom is -0.587 e. The third kappa shape index (κ3) is 6.15. The summed E-state index contributed by atoms with van der Waals surface area (Å²) in [5, 5.41) is 3.60. The molecule has 216 valence electrons. The summed E-state index contributed by atoms with van der Waals surface area (Å²) >= 11 is -1.84. The summed E-state index contributed by atoms with van der Waals surface area (Å²) in [5.41, 5.74) is 0.235. The summed E-state index contributed by atoms with van der Waals surface area (Å²) in [6, 6.07) is 8.64. The van der Waals surface area contributed by atoms with Crippen LogP contribution in [0.25, 0.3) is 0 Å². The van der Waals surface area contributed by atoms with Crippen LogP contribution in [0, 0.1) is 11.3 Å². The van der Waals surface area contributed by atoms with Crippen LogP contribution in [0.15, 0.2) is 35.4 Å². The van der Waals surface area contributed by atoms with Crippen molar-refractivity contribution in [1.29, 1.82) is 0 Å². The molecule has 0 radical (unpaired) electrons. The summed E-state index contributed by atoms with van der Waals surface area (Å²) in [7, 11) is 0. The van der Waals surface area contributed by atoms with Crippen molar-refractivity contribution >= 4 is 40.8 Å². The van der Waals surface area contributed by atoms with E-state index in [2.05, 4.69) is 54.5 Å². The van der Waals surface area contributed by atoms with Gasteiger partial charge in [-0.15, -0.1) is 0 Å². The van der Waals surface area contributed by atoms with Crippen LogP contribution in [-0.2, 0) is 11.4 Å². The SMILES string of the molecule is CC(C)(C)CCN1CCN(c2ccc3c(n2)N2CC(CCCNc4cccc(n4)[S+]([O-])NC3=O)CC2(C)C)C1=O. The van der Waals surface area contributed by atoms with Crippen LogP contribution in [0.4, 0.5) is 22.2 Å². The van der Waals surface area contributed by atoms with Gasteiger partial charge in [0.15, 0.2) is 0 Å². The van der Waals surface area contributed by atoms with E-state index in [0.717, 1.165) is 38.8 Å². The van der Waals surface area contributed by atoms with Crippen LogP contribution in [0.3, 0.4) is 0 Å². The van der Waals surface area contributed by atoms with Crippen molar-refractivity contribution in [3.8, 4) is 0 Å². The van der Waals surface area contributed by atoms with Gasteiger partial charge in [0, 0.05) is 44.3 Å². The Kier molecular flexibility index (Phi) is 7.89. The van der Waals surface area contributed by atoms with E-state index in [4.69, 9.17) is 4.98 Å². The summed E-state index contributed by atoms with van der Waals surface area (Å²) in [4.78, 5) is 42.1. The molecule has 0 saturated carbocycles. The second kappa shape index (κ2) is 11.1. The number of anilines is 3. The van der Waals surface area contributed by atoms with Gasteiger partial charge >= 0.3 is 6.03 Å². The number of amides is 3. The molecule has 2 atom stereocenters. The average Bonchev–Trinajstić information content (AvgIpc) is 3.42. The Bertz CT molecular complexity index is 1260. The lowest BCUT2D eigenvalue weighted by molar-refractivity contribution is 0.0981. The van der Waals surface area contributed by atoms with Crippen molar-refractivity contribution in [2.24, 2.45) is 11.3 Å². The van der Waals surface area contributed by atoms with Crippen molar-refractivity contribution in [3.05, 3.63) is 35.9 Å². The number of nitrogens with zero attached hydrogens (tertiary/aromatic N) is 5. The zero-order valence-electron chi connectivity index (χ0n) is 24.2. The fourth-order valence-corrected chi connectivity index (χ4v) is 6.58. The number of pyridine rings is 2. The van der Waals surface area contributed by atoms with Gasteiger partial charge in [0.2, 0.25) is 0 Å². The quantitative estimate of drug-likeness (QED) is 0.528. The summed E-state index contributed by atoms with van der Waals surface area (Å²) < 4.78 is 15.7. The molecule has 11 heteroatoms. The average molecular weight is 568 g/mol. The standard InChI is InChI=1S/C29H41N7O3S/c1-28(2,3)13-15-34-16-17-35(27(34)38)23-12-11-21-25(32-23)36-19-20(18-29(36,4)5)8-7-14-30-22-9-6-10-24(31-22)40(39)33-26(21)37/h6,9-12,20H,7-8,13-19H2,1-5H3,(H,30,31)(H,33,37). The predicted molar refractivity (Wildman–Crippen MR) is 158 cm³/mol. The molecule has 2 fully saturated rings. The Morgan fingerprint density at radius 3 is 2.70 bits per heavy atom. The maximum atomic E-state index is 13.6. The number of hydrogen-bond donors (Lipinski definition) is 2. The Hall–Kier alpha value is -3.05. The fraction of sp³-hybridized carbons (Fsp3) is 0.586. The molecule has 0 aromatic carbocycles. The second-order valence-corrected chi connectivity index (χ2v) is 14.1. The highest BCUT2D eigenvalue weighted by Gasteiger charge is 2.41. The molecule has 5 rings (SSSR count). The first-order chi connectivity index (χ1) is 18.9. The maximum Gasteiger partial charge on any atom is 0.325 e. The minimum absolute atomic E-state index is 0.0589. The fourth-order valence-electron chi connectivity index (χ4n) is 5.81. The number of carbonyl (C=O) groups excluding carboxylic acids is 2. The molecular formula is C29H41N7O3S. The first kappa shape index (κ1) is 28.5. The topological polar surface area (TPSA) is 117 Å². The van der Waals surface area contributed by atoms with Crippen molar-refractivity contribution in [1.82, 2.24) is 19.6 Å². The van der Waals surface area contributed by atoms with Crippen molar-refractivity contribution in [3.63, 3.8) is 0 Å². The lowest BCUT2D eigenvalue weighted by Gasteiger charge is -2.34. The smallest absolute Gasteiger partial charge is 0.325 e. The number of urea groups is 1. The molecule has 2 unspecified atom stereocenters. The highest BCUT2D eigenvalue weighted by molar-refractivity contribution is 7.90. The highest BCUT2D eigenvalue weighted by Crippen LogP contribution is 2.40. The lowest BCUT2D eigenvalue weighted by Crippen LogP contribution is -2.41. The number of aromatic nitrogens is 2. The maximum absolute atomic E-state index is 13.6. The Morgan fingerprint density at radius 1 is 1.12 bits per heavy atom. The van der Waals surface area contributed by atoms with Crippen molar-refractivity contribution in [2.45, 2.75) is 70.9 Å². The molecule has 4 bridgehead atoms. The third-order valence-corrected chi connectivity index (χ3v) is 9.00. The van der Waals surface area contributed by atoms with Crippen molar-refractivity contribution < 1.29 is 14.1 Å². The monoisotopic (exact) mass is 567 g/mol. The molecule has 2 saturated heterocycles. The molecule has 40 heavy (non-hydrogen) atoms. The molecule has 3 amide bonds. The van der Waals surface area contributed by atoms with E-state index in [1.165, 1.54) is 0 Å². The van der Waals surface area contributed by atoms with E-state index in [9.17, 15) is 14.1 Å². The zero-order chi connectivity index (χ0) is 28.7. The van der Waals surface area contributed by atoms with E-state index in [1.54, 1.807) is 29.2 Å². The number of nitrogens with one attached hydrogen (secondary N) is 2. The van der Waals surface area contributed by atoms with E-state index in [1.807, 2.05) is 11.0 Å². The number of carbonyl (C=O) groups is 2. The zero-order valence-corrected chi connectivity index (χ0v) is 25.0. The van der Waals surface area contributed by atoms with Gasteiger partial charge in [0.25, 0.3) is 10.9 Å². The largest absolute Gasteiger partial charge is 0.587 e. The van der Waals surface area contributed by atoms with E-state index in [0.29, 0.717) is 48.6 Å². The Labute approximate surface area is 240 Å². The molecule has 2 N–H and O–H groups in total. The van der Waals surface area contributed by atoms with Crippen LogP contribution in [0.2, 0.25) is 0 Å². The van der Waals surface area contributed by atoms with E-state index < -0.39 is 17.3 Å². The molecule has 5 heterocycles. The molecule has 3 aliphatic rings. The first-order valence-electron chi connectivity index (χ1n) is 14.2. The van der Waals surface area contributed by atoms with Gasteiger partial charge in [-0.1, -0.05) is 26.8 Å². The third-order valence-electron chi connectivity index (χ3n) is 8.02. The molecule has 2 aromatic rings. The van der Waals surface area contributed by atoms with Gasteiger partial charge in [-0.05, 0) is 69.1 Å². The molecule has 0 aliphatic carbocycles. The Morgan fingerprint density at radius 2 is 1.93 bits per heavy atom. The summed E-state index contributed by atoms with van der Waals surface area (Å²) in [5.74, 6) is 1.64. The van der Waals surface area contributed by atoms with Gasteiger partial charge in [-0.2, -0.15) is 9.71 Å². The van der Waals surface area contributed by atoms with Crippen LogP contribution in [0.5, 0.6) is 0 Å². The molecule has 3 aliphatic heterocycles. The van der Waals surface area contributed by atoms with E-state index in [-0.39, 0.29) is 22.0 Å². The van der Waals surface area contributed by atoms with Crippen molar-refractivity contribution in [2.75, 3.05) is 47.8 Å². The van der Waals surface area contributed by atoms with Gasteiger partial charge in [0.05, 0.1) is 5.56 Å². The molecule has 10 nitrogen and oxygen atoms in total. The van der Waals surface area contributed by atoms with Crippen LogP contribution in [-0.4, -0.2) is 69.6 Å². The van der Waals surface area contributed by atoms with E-state index >= 15 is 0 Å².